The second-order valence-corrected chi connectivity index (χ2v) is 15.7. The van der Waals surface area contributed by atoms with Gasteiger partial charge in [0.2, 0.25) is 0 Å². The van der Waals surface area contributed by atoms with Crippen molar-refractivity contribution in [1.82, 2.24) is 0 Å². The van der Waals surface area contributed by atoms with Crippen molar-refractivity contribution in [3.8, 4) is 0 Å². The van der Waals surface area contributed by atoms with Gasteiger partial charge in [0.1, 0.15) is 35.1 Å². The molecule has 4 aliphatic carbocycles. The molecule has 4 heterocycles. The van der Waals surface area contributed by atoms with Gasteiger partial charge in [-0.1, -0.05) is 34.6 Å². The number of fused-ring (bicyclic) bond motifs is 3. The molecule has 3 saturated heterocycles. The quantitative estimate of drug-likeness (QED) is 0.362. The molecule has 0 aromatic carbocycles. The lowest BCUT2D eigenvalue weighted by atomic mass is 9.33. The number of furan rings is 1. The minimum absolute atomic E-state index is 0.0734. The predicted octanol–water partition coefficient (Wildman–Crippen LogP) is 2.93. The van der Waals surface area contributed by atoms with E-state index in [4.69, 9.17) is 32.8 Å². The molecule has 1 aromatic rings. The van der Waals surface area contributed by atoms with Crippen LogP contribution >= 0.6 is 0 Å². The van der Waals surface area contributed by atoms with E-state index in [1.807, 2.05) is 20.8 Å². The van der Waals surface area contributed by atoms with Crippen molar-refractivity contribution >= 4 is 17.9 Å². The van der Waals surface area contributed by atoms with E-state index in [0.29, 0.717) is 18.4 Å². The van der Waals surface area contributed by atoms with E-state index < -0.39 is 98.6 Å². The van der Waals surface area contributed by atoms with Gasteiger partial charge in [0.15, 0.2) is 5.60 Å². The molecule has 1 aromatic heterocycles. The Morgan fingerprint density at radius 2 is 1.78 bits per heavy atom. The van der Waals surface area contributed by atoms with E-state index in [0.717, 1.165) is 0 Å². The monoisotopic (exact) mass is 630 g/mol. The van der Waals surface area contributed by atoms with Crippen LogP contribution < -0.4 is 0 Å². The lowest BCUT2D eigenvalue weighted by molar-refractivity contribution is -0.478. The Bertz CT molecular complexity index is 1510. The van der Waals surface area contributed by atoms with Crippen molar-refractivity contribution in [2.24, 2.45) is 34.0 Å². The van der Waals surface area contributed by atoms with Gasteiger partial charge in [-0.2, -0.15) is 0 Å². The predicted molar refractivity (Wildman–Crippen MR) is 149 cm³/mol. The van der Waals surface area contributed by atoms with Crippen molar-refractivity contribution in [1.29, 1.82) is 0 Å². The van der Waals surface area contributed by atoms with Crippen molar-refractivity contribution in [3.63, 3.8) is 0 Å². The number of carbonyl (C=O) groups is 3. The molecule has 0 amide bonds. The highest BCUT2D eigenvalue weighted by molar-refractivity contribution is 5.74. The summed E-state index contributed by atoms with van der Waals surface area (Å²) in [5.74, 6) is -5.11. The largest absolute Gasteiger partial charge is 0.472 e. The highest BCUT2D eigenvalue weighted by Crippen LogP contribution is 2.89. The molecule has 3 aliphatic heterocycles. The molecule has 2 N–H and O–H groups in total. The summed E-state index contributed by atoms with van der Waals surface area (Å²) in [6.45, 7) is 10.9. The maximum Gasteiger partial charge on any atom is 0.308 e. The van der Waals surface area contributed by atoms with Gasteiger partial charge in [0, 0.05) is 41.1 Å². The van der Waals surface area contributed by atoms with E-state index in [1.54, 1.807) is 33.1 Å². The summed E-state index contributed by atoms with van der Waals surface area (Å²) in [4.78, 5) is 40.0. The van der Waals surface area contributed by atoms with Crippen LogP contribution in [0.1, 0.15) is 85.3 Å². The topological polar surface area (TPSA) is 160 Å². The fourth-order valence-electron chi connectivity index (χ4n) is 12.2. The number of carbonyl (C=O) groups excluding carboxylic acids is 3. The second-order valence-electron chi connectivity index (χ2n) is 15.7. The highest BCUT2D eigenvalue weighted by atomic mass is 16.9. The molecule has 7 aliphatic rings. The first-order valence-electron chi connectivity index (χ1n) is 16.0. The van der Waals surface area contributed by atoms with Crippen LogP contribution in [-0.4, -0.2) is 75.8 Å². The molecule has 4 saturated carbocycles. The lowest BCUT2D eigenvalue weighted by Crippen LogP contribution is -2.93. The summed E-state index contributed by atoms with van der Waals surface area (Å²) < 4.78 is 43.5. The highest BCUT2D eigenvalue weighted by Gasteiger charge is 3.03. The van der Waals surface area contributed by atoms with Crippen LogP contribution in [0, 0.1) is 34.0 Å². The van der Waals surface area contributed by atoms with Gasteiger partial charge >= 0.3 is 17.9 Å². The summed E-state index contributed by atoms with van der Waals surface area (Å²) in [5, 5.41) is 26.3. The number of aliphatic hydroxyl groups excluding tert-OH is 1. The first-order chi connectivity index (χ1) is 21.0. The molecule has 45 heavy (non-hydrogen) atoms. The number of cyclic esters (lactones) is 1. The van der Waals surface area contributed by atoms with Crippen LogP contribution in [-0.2, 0) is 42.8 Å². The Balaban J connectivity index is 1.41. The van der Waals surface area contributed by atoms with Crippen LogP contribution in [0.5, 0.6) is 0 Å². The maximum absolute atomic E-state index is 13.5. The third-order valence-corrected chi connectivity index (χ3v) is 13.7. The van der Waals surface area contributed by atoms with Crippen LogP contribution in [0.15, 0.2) is 23.0 Å². The zero-order valence-corrected chi connectivity index (χ0v) is 26.7. The Morgan fingerprint density at radius 3 is 2.42 bits per heavy atom. The molecule has 12 heteroatoms. The fourth-order valence-corrected chi connectivity index (χ4v) is 12.2. The molecular formula is C33H42O12. The van der Waals surface area contributed by atoms with Gasteiger partial charge < -0.3 is 43.1 Å². The van der Waals surface area contributed by atoms with Crippen molar-refractivity contribution in [3.05, 3.63) is 24.2 Å². The van der Waals surface area contributed by atoms with Gasteiger partial charge in [-0.3, -0.25) is 14.4 Å². The smallest absolute Gasteiger partial charge is 0.308 e. The minimum Gasteiger partial charge on any atom is -0.472 e. The molecule has 0 radical (unpaired) electrons. The first kappa shape index (κ1) is 29.9. The zero-order valence-electron chi connectivity index (χ0n) is 26.7. The zero-order chi connectivity index (χ0) is 32.4. The molecule has 12 nitrogen and oxygen atoms in total. The molecule has 13 atom stereocenters. The Hall–Kier alpha value is -2.51. The van der Waals surface area contributed by atoms with Gasteiger partial charge in [0.05, 0.1) is 32.0 Å². The van der Waals surface area contributed by atoms with E-state index >= 15 is 0 Å². The van der Waals surface area contributed by atoms with Gasteiger partial charge in [0.25, 0.3) is 5.97 Å². The molecule has 2 spiro atoms. The first-order valence-corrected chi connectivity index (χ1v) is 16.0. The van der Waals surface area contributed by atoms with Crippen LogP contribution in [0.2, 0.25) is 0 Å². The second kappa shape index (κ2) is 8.31. The van der Waals surface area contributed by atoms with Gasteiger partial charge in [-0.15, -0.1) is 0 Å². The Morgan fingerprint density at radius 1 is 1.07 bits per heavy atom. The van der Waals surface area contributed by atoms with E-state index in [-0.39, 0.29) is 19.3 Å². The third-order valence-electron chi connectivity index (χ3n) is 13.7. The van der Waals surface area contributed by atoms with E-state index in [2.05, 4.69) is 0 Å². The van der Waals surface area contributed by atoms with E-state index in [1.165, 1.54) is 13.4 Å². The molecular weight excluding hydrogens is 588 g/mol. The average Bonchev–Trinajstić information content (AvgIpc) is 3.67. The minimum atomic E-state index is -2.19. The van der Waals surface area contributed by atoms with E-state index in [9.17, 15) is 24.6 Å². The van der Waals surface area contributed by atoms with Gasteiger partial charge in [-0.05, 0) is 31.2 Å². The third kappa shape index (κ3) is 2.82. The number of ether oxygens (including phenoxy) is 6. The molecule has 4 bridgehead atoms. The molecule has 246 valence electrons. The molecule has 13 unspecified atom stereocenters. The molecule has 7 fully saturated rings. The van der Waals surface area contributed by atoms with Crippen LogP contribution in [0.25, 0.3) is 0 Å². The number of methoxy groups -OCH3 is 1. The van der Waals surface area contributed by atoms with Gasteiger partial charge in [-0.25, -0.2) is 0 Å². The lowest BCUT2D eigenvalue weighted by Gasteiger charge is -2.77. The number of esters is 3. The average molecular weight is 631 g/mol. The van der Waals surface area contributed by atoms with Crippen molar-refractivity contribution in [2.75, 3.05) is 7.11 Å². The number of hydrogen-bond acceptors (Lipinski definition) is 12. The molecule has 8 rings (SSSR count). The standard InChI is InChI=1S/C33H42O12/c1-16(2)23(36)42-25-27(4)15-31-28(5,18(27)12-20(34)39-7)30-10-9-26(3)19(13-21(35)41-22(26)17-8-11-40-14-17)33(30,24(37)32(25,31)38)45-29(6,43-30)44-31/h8,11,14,16,18-19,22,24-25,37-38H,9-10,12-13,15H2,1-7H3. The SMILES string of the molecule is COC(=O)CC1C2(C)CC34OC5(C)OC6(C7CC(=O)OC(c8ccoc8)C7(C)CCC6(O5)C13C)C(O)C4(O)C2OC(=O)C(C)C. The summed E-state index contributed by atoms with van der Waals surface area (Å²) in [6.07, 6.45) is 0.163. The number of aliphatic hydroxyl groups is 2. The van der Waals surface area contributed by atoms with Crippen LogP contribution in [0.4, 0.5) is 0 Å². The van der Waals surface area contributed by atoms with Crippen LogP contribution in [0.3, 0.4) is 0 Å². The maximum atomic E-state index is 13.5. The Kier molecular flexibility index (Phi) is 5.51. The normalized spacial score (nSPS) is 54.9. The van der Waals surface area contributed by atoms with Crippen molar-refractivity contribution in [2.45, 2.75) is 120 Å². The number of hydrogen-bond donors (Lipinski definition) is 2. The summed E-state index contributed by atoms with van der Waals surface area (Å²) in [6, 6.07) is 1.75. The summed E-state index contributed by atoms with van der Waals surface area (Å²) >= 11 is 0. The Labute approximate surface area is 261 Å². The summed E-state index contributed by atoms with van der Waals surface area (Å²) in [5.41, 5.74) is -9.12. The number of rotatable bonds is 5. The fraction of sp³-hybridized carbons (Fsp3) is 0.788. The summed E-state index contributed by atoms with van der Waals surface area (Å²) in [7, 11) is 1.32. The van der Waals surface area contributed by atoms with Crippen molar-refractivity contribution < 1.29 is 57.4 Å².